The maximum absolute atomic E-state index is 9.38. The first-order chi connectivity index (χ1) is 9.17. The lowest BCUT2D eigenvalue weighted by Crippen LogP contribution is -2.43. The third-order valence-corrected chi connectivity index (χ3v) is 4.30. The minimum Gasteiger partial charge on any atom is -0.312 e. The number of aryl methyl sites for hydroxylation is 1. The Bertz CT molecular complexity index is 411. The fourth-order valence-corrected chi connectivity index (χ4v) is 2.70. The van der Waals surface area contributed by atoms with Crippen molar-refractivity contribution in [1.29, 1.82) is 5.26 Å². The molecule has 0 bridgehead atoms. The van der Waals surface area contributed by atoms with Crippen LogP contribution < -0.4 is 5.32 Å². The van der Waals surface area contributed by atoms with Crippen molar-refractivity contribution in [2.24, 2.45) is 7.05 Å². The maximum Gasteiger partial charge on any atom is 0.190 e. The molecule has 0 saturated carbocycles. The summed E-state index contributed by atoms with van der Waals surface area (Å²) in [6.07, 6.45) is 5.48. The molecule has 0 radical (unpaired) electrons. The van der Waals surface area contributed by atoms with Crippen LogP contribution in [0.15, 0.2) is 11.5 Å². The molecule has 0 fully saturated rings. The largest absolute Gasteiger partial charge is 0.312 e. The minimum atomic E-state index is -0.365. The van der Waals surface area contributed by atoms with E-state index >= 15 is 0 Å². The molecule has 1 rings (SSSR count). The van der Waals surface area contributed by atoms with Crippen molar-refractivity contribution >= 4 is 11.8 Å². The Hall–Kier alpha value is -1.06. The Morgan fingerprint density at radius 2 is 2.32 bits per heavy atom. The van der Waals surface area contributed by atoms with E-state index in [9.17, 15) is 5.26 Å². The smallest absolute Gasteiger partial charge is 0.190 e. The lowest BCUT2D eigenvalue weighted by Gasteiger charge is -2.26. The number of aromatic nitrogens is 3. The zero-order valence-electron chi connectivity index (χ0n) is 12.0. The summed E-state index contributed by atoms with van der Waals surface area (Å²) >= 11 is 1.69. The fourth-order valence-electron chi connectivity index (χ4n) is 1.87. The van der Waals surface area contributed by atoms with Gasteiger partial charge >= 0.3 is 0 Å². The maximum atomic E-state index is 9.38. The van der Waals surface area contributed by atoms with Crippen molar-refractivity contribution in [3.8, 4) is 6.07 Å². The SMILES string of the molecule is CCCNC(C#N)(CC)CCCSc1nncn1C. The van der Waals surface area contributed by atoms with Gasteiger partial charge in [-0.05, 0) is 32.2 Å². The van der Waals surface area contributed by atoms with Crippen LogP contribution in [0.1, 0.15) is 39.5 Å². The van der Waals surface area contributed by atoms with E-state index in [1.165, 1.54) is 0 Å². The third kappa shape index (κ3) is 4.84. The highest BCUT2D eigenvalue weighted by atomic mass is 32.2. The summed E-state index contributed by atoms with van der Waals surface area (Å²) in [5.41, 5.74) is -0.365. The van der Waals surface area contributed by atoms with Crippen LogP contribution in [0.2, 0.25) is 0 Å². The molecule has 0 aliphatic carbocycles. The van der Waals surface area contributed by atoms with Gasteiger partial charge in [0.1, 0.15) is 11.9 Å². The Morgan fingerprint density at radius 3 is 2.84 bits per heavy atom. The zero-order valence-corrected chi connectivity index (χ0v) is 12.8. The lowest BCUT2D eigenvalue weighted by atomic mass is 9.92. The lowest BCUT2D eigenvalue weighted by molar-refractivity contribution is 0.371. The Morgan fingerprint density at radius 1 is 1.53 bits per heavy atom. The van der Waals surface area contributed by atoms with E-state index in [2.05, 4.69) is 35.4 Å². The molecule has 0 spiro atoms. The first-order valence-corrected chi connectivity index (χ1v) is 7.79. The second kappa shape index (κ2) is 8.18. The monoisotopic (exact) mass is 281 g/mol. The van der Waals surface area contributed by atoms with Gasteiger partial charge in [-0.1, -0.05) is 25.6 Å². The van der Waals surface area contributed by atoms with Gasteiger partial charge in [0.05, 0.1) is 6.07 Å². The van der Waals surface area contributed by atoms with Gasteiger partial charge in [-0.3, -0.25) is 5.32 Å². The molecule has 5 nitrogen and oxygen atoms in total. The number of nitrogens with zero attached hydrogens (tertiary/aromatic N) is 4. The number of rotatable bonds is 9. The molecule has 0 aliphatic heterocycles. The molecule has 1 atom stereocenters. The molecule has 1 heterocycles. The topological polar surface area (TPSA) is 66.5 Å². The summed E-state index contributed by atoms with van der Waals surface area (Å²) in [5.74, 6) is 0.962. The van der Waals surface area contributed by atoms with E-state index in [0.29, 0.717) is 0 Å². The highest BCUT2D eigenvalue weighted by Gasteiger charge is 2.26. The van der Waals surface area contributed by atoms with E-state index < -0.39 is 0 Å². The minimum absolute atomic E-state index is 0.365. The van der Waals surface area contributed by atoms with E-state index in [4.69, 9.17) is 0 Å². The van der Waals surface area contributed by atoms with Crippen LogP contribution in [-0.4, -0.2) is 32.6 Å². The second-order valence-corrected chi connectivity index (χ2v) is 5.71. The quantitative estimate of drug-likeness (QED) is 0.556. The van der Waals surface area contributed by atoms with Crippen LogP contribution in [0, 0.1) is 11.3 Å². The van der Waals surface area contributed by atoms with Gasteiger partial charge < -0.3 is 4.57 Å². The Balaban J connectivity index is 2.36. The zero-order chi connectivity index (χ0) is 14.1. The van der Waals surface area contributed by atoms with Crippen LogP contribution in [0.5, 0.6) is 0 Å². The van der Waals surface area contributed by atoms with Crippen LogP contribution in [0.25, 0.3) is 0 Å². The second-order valence-electron chi connectivity index (χ2n) is 4.65. The number of hydrogen-bond donors (Lipinski definition) is 1. The molecular weight excluding hydrogens is 258 g/mol. The van der Waals surface area contributed by atoms with E-state index in [1.54, 1.807) is 18.1 Å². The van der Waals surface area contributed by atoms with Crippen LogP contribution in [0.4, 0.5) is 0 Å². The van der Waals surface area contributed by atoms with Gasteiger partial charge in [0.25, 0.3) is 0 Å². The van der Waals surface area contributed by atoms with Crippen molar-refractivity contribution in [3.63, 3.8) is 0 Å². The van der Waals surface area contributed by atoms with E-state index in [1.807, 2.05) is 11.6 Å². The number of hydrogen-bond acceptors (Lipinski definition) is 5. The van der Waals surface area contributed by atoms with Crippen molar-refractivity contribution in [3.05, 3.63) is 6.33 Å². The highest BCUT2D eigenvalue weighted by Crippen LogP contribution is 2.21. The fraction of sp³-hybridized carbons (Fsp3) is 0.769. The first kappa shape index (κ1) is 16.0. The van der Waals surface area contributed by atoms with Crippen molar-refractivity contribution in [2.45, 2.75) is 50.2 Å². The third-order valence-electron chi connectivity index (χ3n) is 3.18. The predicted octanol–water partition coefficient (Wildman–Crippen LogP) is 2.36. The molecule has 0 amide bonds. The average Bonchev–Trinajstić information content (AvgIpc) is 2.84. The van der Waals surface area contributed by atoms with Gasteiger partial charge in [-0.2, -0.15) is 5.26 Å². The number of nitriles is 1. The van der Waals surface area contributed by atoms with Gasteiger partial charge in [-0.15, -0.1) is 10.2 Å². The molecule has 1 aromatic rings. The molecular formula is C13H23N5S. The molecule has 1 aromatic heterocycles. The summed E-state index contributed by atoms with van der Waals surface area (Å²) in [5, 5.41) is 21.6. The summed E-state index contributed by atoms with van der Waals surface area (Å²) in [6, 6.07) is 2.45. The molecule has 106 valence electrons. The number of thioether (sulfide) groups is 1. The van der Waals surface area contributed by atoms with Crippen molar-refractivity contribution in [1.82, 2.24) is 20.1 Å². The predicted molar refractivity (Wildman–Crippen MR) is 77.9 cm³/mol. The molecule has 1 unspecified atom stereocenters. The summed E-state index contributed by atoms with van der Waals surface area (Å²) in [6.45, 7) is 5.09. The Labute approximate surface area is 119 Å². The van der Waals surface area contributed by atoms with Crippen LogP contribution in [0.3, 0.4) is 0 Å². The molecule has 0 saturated heterocycles. The highest BCUT2D eigenvalue weighted by molar-refractivity contribution is 7.99. The first-order valence-electron chi connectivity index (χ1n) is 6.80. The molecule has 1 N–H and O–H groups in total. The average molecular weight is 281 g/mol. The van der Waals surface area contributed by atoms with Gasteiger partial charge in [0.2, 0.25) is 0 Å². The normalized spacial score (nSPS) is 14.0. The van der Waals surface area contributed by atoms with Gasteiger partial charge in [-0.25, -0.2) is 0 Å². The Kier molecular flexibility index (Phi) is 6.89. The van der Waals surface area contributed by atoms with Gasteiger partial charge in [0, 0.05) is 12.8 Å². The summed E-state index contributed by atoms with van der Waals surface area (Å²) < 4.78 is 1.91. The van der Waals surface area contributed by atoms with Crippen LogP contribution >= 0.6 is 11.8 Å². The molecule has 0 aliphatic rings. The summed E-state index contributed by atoms with van der Waals surface area (Å²) in [4.78, 5) is 0. The van der Waals surface area contributed by atoms with Crippen molar-refractivity contribution < 1.29 is 0 Å². The van der Waals surface area contributed by atoms with Crippen molar-refractivity contribution in [2.75, 3.05) is 12.3 Å². The number of nitrogens with one attached hydrogen (secondary N) is 1. The van der Waals surface area contributed by atoms with Gasteiger partial charge in [0.15, 0.2) is 5.16 Å². The standard InChI is InChI=1S/C13H23N5S/c1-4-8-15-13(5-2,10-14)7-6-9-19-12-17-16-11-18(12)3/h11,15H,4-9H2,1-3H3. The molecule has 6 heteroatoms. The van der Waals surface area contributed by atoms with Crippen LogP contribution in [-0.2, 0) is 7.05 Å². The van der Waals surface area contributed by atoms with E-state index in [0.717, 1.165) is 43.1 Å². The summed E-state index contributed by atoms with van der Waals surface area (Å²) in [7, 11) is 1.94. The molecule has 19 heavy (non-hydrogen) atoms. The molecule has 0 aromatic carbocycles. The van der Waals surface area contributed by atoms with E-state index in [-0.39, 0.29) is 5.54 Å².